The van der Waals surface area contributed by atoms with E-state index in [9.17, 15) is 9.59 Å². The van der Waals surface area contributed by atoms with Crippen LogP contribution in [-0.2, 0) is 9.59 Å². The fraction of sp³-hybridized carbons (Fsp3) is 0.364. The molecule has 0 heterocycles. The Hall–Kier alpha value is -2.57. The van der Waals surface area contributed by atoms with Crippen molar-refractivity contribution in [2.24, 2.45) is 0 Å². The minimum atomic E-state index is -0.553. The lowest BCUT2D eigenvalue weighted by molar-refractivity contribution is -0.137. The molecule has 0 saturated heterocycles. The molecule has 0 aliphatic heterocycles. The quantitative estimate of drug-likeness (QED) is 0.673. The van der Waals surface area contributed by atoms with Gasteiger partial charge in [0.25, 0.3) is 0 Å². The molecule has 0 aliphatic carbocycles. The molecule has 0 spiro atoms. The molecule has 6 nitrogen and oxygen atoms in total. The van der Waals surface area contributed by atoms with E-state index < -0.39 is 6.04 Å². The lowest BCUT2D eigenvalue weighted by atomic mass is 10.0. The highest BCUT2D eigenvalue weighted by molar-refractivity contribution is 6.31. The highest BCUT2D eigenvalue weighted by Gasteiger charge is 2.29. The van der Waals surface area contributed by atoms with Gasteiger partial charge in [-0.1, -0.05) is 41.9 Å². The van der Waals surface area contributed by atoms with Gasteiger partial charge in [-0.2, -0.15) is 0 Å². The molecule has 2 aromatic rings. The number of anilines is 1. The van der Waals surface area contributed by atoms with Crippen molar-refractivity contribution in [1.29, 1.82) is 0 Å². The number of carbonyl (C=O) groups is 2. The van der Waals surface area contributed by atoms with Gasteiger partial charge >= 0.3 is 0 Å². The van der Waals surface area contributed by atoms with Gasteiger partial charge in [-0.15, -0.1) is 0 Å². The highest BCUT2D eigenvalue weighted by atomic mass is 35.5. The minimum absolute atomic E-state index is 0.0300. The van der Waals surface area contributed by atoms with E-state index in [-0.39, 0.29) is 18.4 Å². The Balaban J connectivity index is 2.21. The molecule has 0 saturated carbocycles. The maximum atomic E-state index is 13.1. The van der Waals surface area contributed by atoms with Crippen molar-refractivity contribution in [1.82, 2.24) is 9.80 Å². The molecule has 0 aliphatic rings. The lowest BCUT2D eigenvalue weighted by Crippen LogP contribution is -2.44. The number of nitrogens with one attached hydrogen (secondary N) is 1. The molecule has 156 valence electrons. The molecule has 0 bridgehead atoms. The van der Waals surface area contributed by atoms with Gasteiger partial charge in [0.15, 0.2) is 0 Å². The second kappa shape index (κ2) is 10.8. The normalized spacial score (nSPS) is 11.8. The number of methoxy groups -OCH3 is 1. The van der Waals surface area contributed by atoms with E-state index in [1.165, 1.54) is 7.11 Å². The standard InChI is InChI=1S/C22H28ClN3O3/c1-5-26(6-2)22(28)21(16-10-8-7-9-11-16)25(3)15-20(27)24-18-14-17(23)12-13-19(18)29-4/h7-14,21H,5-6,15H2,1-4H3,(H,24,27)/t21-/m1/s1. The van der Waals surface area contributed by atoms with Crippen LogP contribution in [-0.4, -0.2) is 55.4 Å². The summed E-state index contributed by atoms with van der Waals surface area (Å²) in [5, 5.41) is 3.31. The second-order valence-electron chi connectivity index (χ2n) is 6.63. The summed E-state index contributed by atoms with van der Waals surface area (Å²) in [5.74, 6) is 0.224. The first-order chi connectivity index (χ1) is 13.9. The predicted molar refractivity (Wildman–Crippen MR) is 116 cm³/mol. The Labute approximate surface area is 177 Å². The van der Waals surface area contributed by atoms with E-state index in [0.717, 1.165) is 5.56 Å². The zero-order chi connectivity index (χ0) is 21.4. The topological polar surface area (TPSA) is 61.9 Å². The van der Waals surface area contributed by atoms with Gasteiger partial charge in [-0.05, 0) is 44.7 Å². The summed E-state index contributed by atoms with van der Waals surface area (Å²) in [6.07, 6.45) is 0. The molecule has 2 amide bonds. The van der Waals surface area contributed by atoms with Gasteiger partial charge in [-0.3, -0.25) is 14.5 Å². The molecular weight excluding hydrogens is 390 g/mol. The van der Waals surface area contributed by atoms with Crippen molar-refractivity contribution >= 4 is 29.1 Å². The third-order valence-corrected chi connectivity index (χ3v) is 4.93. The molecule has 1 atom stereocenters. The summed E-state index contributed by atoms with van der Waals surface area (Å²) in [6.45, 7) is 5.14. The molecule has 2 aromatic carbocycles. The van der Waals surface area contributed by atoms with E-state index in [0.29, 0.717) is 29.5 Å². The van der Waals surface area contributed by atoms with Crippen molar-refractivity contribution < 1.29 is 14.3 Å². The number of ether oxygens (including phenoxy) is 1. The maximum Gasteiger partial charge on any atom is 0.244 e. The largest absolute Gasteiger partial charge is 0.495 e. The Morgan fingerprint density at radius 2 is 1.76 bits per heavy atom. The van der Waals surface area contributed by atoms with Crippen LogP contribution in [0.4, 0.5) is 5.69 Å². The molecule has 0 aromatic heterocycles. The number of halogens is 1. The van der Waals surface area contributed by atoms with Crippen LogP contribution in [0.5, 0.6) is 5.75 Å². The van der Waals surface area contributed by atoms with E-state index in [2.05, 4.69) is 5.32 Å². The first-order valence-electron chi connectivity index (χ1n) is 9.58. The Kier molecular flexibility index (Phi) is 8.49. The van der Waals surface area contributed by atoms with Crippen molar-refractivity contribution in [2.75, 3.05) is 39.1 Å². The average Bonchev–Trinajstić information content (AvgIpc) is 2.70. The molecule has 29 heavy (non-hydrogen) atoms. The summed E-state index contributed by atoms with van der Waals surface area (Å²) in [5.41, 5.74) is 1.34. The molecular formula is C22H28ClN3O3. The van der Waals surface area contributed by atoms with Gasteiger partial charge in [-0.25, -0.2) is 0 Å². The highest BCUT2D eigenvalue weighted by Crippen LogP contribution is 2.28. The number of hydrogen-bond donors (Lipinski definition) is 1. The summed E-state index contributed by atoms with van der Waals surface area (Å²) in [7, 11) is 3.30. The van der Waals surface area contributed by atoms with Crippen molar-refractivity contribution in [3.05, 3.63) is 59.1 Å². The number of carbonyl (C=O) groups excluding carboxylic acids is 2. The van der Waals surface area contributed by atoms with Gasteiger partial charge < -0.3 is 15.0 Å². The van der Waals surface area contributed by atoms with Gasteiger partial charge in [0.2, 0.25) is 11.8 Å². The molecule has 2 rings (SSSR count). The van der Waals surface area contributed by atoms with Crippen molar-refractivity contribution in [2.45, 2.75) is 19.9 Å². The number of nitrogens with zero attached hydrogens (tertiary/aromatic N) is 2. The average molecular weight is 418 g/mol. The number of benzene rings is 2. The molecule has 0 radical (unpaired) electrons. The fourth-order valence-electron chi connectivity index (χ4n) is 3.21. The van der Waals surface area contributed by atoms with E-state index >= 15 is 0 Å². The number of hydrogen-bond acceptors (Lipinski definition) is 4. The van der Waals surface area contributed by atoms with Crippen LogP contribution in [0.15, 0.2) is 48.5 Å². The third-order valence-electron chi connectivity index (χ3n) is 4.69. The van der Waals surface area contributed by atoms with Crippen LogP contribution in [0.3, 0.4) is 0 Å². The molecule has 0 unspecified atom stereocenters. The maximum absolute atomic E-state index is 13.1. The molecule has 0 fully saturated rings. The predicted octanol–water partition coefficient (Wildman–Crippen LogP) is 3.83. The summed E-state index contributed by atoms with van der Waals surface area (Å²) >= 11 is 6.03. The van der Waals surface area contributed by atoms with Gasteiger partial charge in [0.1, 0.15) is 11.8 Å². The van der Waals surface area contributed by atoms with Crippen molar-refractivity contribution in [3.63, 3.8) is 0 Å². The monoisotopic (exact) mass is 417 g/mol. The first kappa shape index (κ1) is 22.7. The van der Waals surface area contributed by atoms with Gasteiger partial charge in [0, 0.05) is 18.1 Å². The Morgan fingerprint density at radius 3 is 2.34 bits per heavy atom. The summed E-state index contributed by atoms with van der Waals surface area (Å²) in [6, 6.07) is 14.0. The summed E-state index contributed by atoms with van der Waals surface area (Å²) < 4.78 is 5.27. The van der Waals surface area contributed by atoms with Crippen molar-refractivity contribution in [3.8, 4) is 5.75 Å². The number of rotatable bonds is 9. The first-order valence-corrected chi connectivity index (χ1v) is 9.96. The zero-order valence-corrected chi connectivity index (χ0v) is 18.1. The van der Waals surface area contributed by atoms with Crippen LogP contribution in [0.25, 0.3) is 0 Å². The van der Waals surface area contributed by atoms with Crippen LogP contribution >= 0.6 is 11.6 Å². The van der Waals surface area contributed by atoms with Crippen LogP contribution < -0.4 is 10.1 Å². The van der Waals surface area contributed by atoms with Gasteiger partial charge in [0.05, 0.1) is 19.3 Å². The zero-order valence-electron chi connectivity index (χ0n) is 17.3. The number of likely N-dealkylation sites (N-methyl/N-ethyl adjacent to an activating group) is 2. The molecule has 7 heteroatoms. The fourth-order valence-corrected chi connectivity index (χ4v) is 3.39. The lowest BCUT2D eigenvalue weighted by Gasteiger charge is -2.31. The molecule has 1 N–H and O–H groups in total. The van der Waals surface area contributed by atoms with E-state index in [1.807, 2.05) is 44.2 Å². The minimum Gasteiger partial charge on any atom is -0.495 e. The van der Waals surface area contributed by atoms with E-state index in [4.69, 9.17) is 16.3 Å². The SMILES string of the molecule is CCN(CC)C(=O)[C@@H](c1ccccc1)N(C)CC(=O)Nc1cc(Cl)ccc1OC. The van der Waals surface area contributed by atoms with E-state index in [1.54, 1.807) is 35.0 Å². The van der Waals surface area contributed by atoms with Crippen LogP contribution in [0.1, 0.15) is 25.5 Å². The number of amides is 2. The Bertz CT molecular complexity index is 825. The smallest absolute Gasteiger partial charge is 0.244 e. The Morgan fingerprint density at radius 1 is 1.10 bits per heavy atom. The summed E-state index contributed by atoms with van der Waals surface area (Å²) in [4.78, 5) is 29.4. The van der Waals surface area contributed by atoms with Crippen LogP contribution in [0, 0.1) is 0 Å². The van der Waals surface area contributed by atoms with Crippen LogP contribution in [0.2, 0.25) is 5.02 Å². The third kappa shape index (κ3) is 5.95. The second-order valence-corrected chi connectivity index (χ2v) is 7.07.